The molecule has 154 valence electrons. The van der Waals surface area contributed by atoms with Crippen LogP contribution in [-0.2, 0) is 0 Å². The molecule has 1 rings (SSSR count). The summed E-state index contributed by atoms with van der Waals surface area (Å²) in [6.45, 7) is 11.7. The van der Waals surface area contributed by atoms with Crippen LogP contribution in [0.15, 0.2) is 38.9 Å². The molecule has 3 heteroatoms. The molecule has 1 atom stereocenters. The van der Waals surface area contributed by atoms with E-state index in [2.05, 4.69) is 90.3 Å². The van der Waals surface area contributed by atoms with E-state index in [-0.39, 0.29) is 0 Å². The second-order valence-corrected chi connectivity index (χ2v) is 22.3. The monoisotopic (exact) mass is 543 g/mol. The Morgan fingerprint density at radius 1 is 0.926 bits per heavy atom. The Kier molecular flexibility index (Phi) is 13.1. The molecular formula is C24H42BrNSn. The Balaban J connectivity index is 3.03. The molecule has 0 amide bonds. The topological polar surface area (TPSA) is 12.0 Å². The first-order valence-electron chi connectivity index (χ1n) is 11.2. The van der Waals surface area contributed by atoms with E-state index in [4.69, 9.17) is 0 Å². The number of unbranched alkanes of at least 4 members (excludes halogenated alkanes) is 3. The maximum atomic E-state index is 3.79. The predicted octanol–water partition coefficient (Wildman–Crippen LogP) is 8.83. The molecular weight excluding hydrogens is 501 g/mol. The summed E-state index contributed by atoms with van der Waals surface area (Å²) >= 11 is 1.49. The van der Waals surface area contributed by atoms with Crippen molar-refractivity contribution < 1.29 is 0 Å². The van der Waals surface area contributed by atoms with Gasteiger partial charge in [-0.1, -0.05) is 0 Å². The van der Waals surface area contributed by atoms with Crippen LogP contribution >= 0.6 is 15.9 Å². The van der Waals surface area contributed by atoms with Gasteiger partial charge in [-0.05, 0) is 0 Å². The van der Waals surface area contributed by atoms with Crippen LogP contribution in [0, 0.1) is 5.92 Å². The fourth-order valence-corrected chi connectivity index (χ4v) is 18.5. The van der Waals surface area contributed by atoms with Crippen molar-refractivity contribution >= 4 is 40.0 Å². The van der Waals surface area contributed by atoms with Crippen molar-refractivity contribution in [1.29, 1.82) is 0 Å². The van der Waals surface area contributed by atoms with E-state index in [1.165, 1.54) is 44.2 Å². The van der Waals surface area contributed by atoms with Gasteiger partial charge in [0.25, 0.3) is 0 Å². The van der Waals surface area contributed by atoms with E-state index >= 15 is 0 Å². The summed E-state index contributed by atoms with van der Waals surface area (Å²) in [5.41, 5.74) is 1.21. The van der Waals surface area contributed by atoms with Crippen molar-refractivity contribution in [1.82, 2.24) is 0 Å². The molecule has 0 fully saturated rings. The fraction of sp³-hybridized carbons (Fsp3) is 0.667. The van der Waals surface area contributed by atoms with Gasteiger partial charge in [0.1, 0.15) is 0 Å². The van der Waals surface area contributed by atoms with Gasteiger partial charge >= 0.3 is 183 Å². The third kappa shape index (κ3) is 9.39. The Bertz CT molecular complexity index is 519. The predicted molar refractivity (Wildman–Crippen MR) is 130 cm³/mol. The Morgan fingerprint density at radius 2 is 1.44 bits per heavy atom. The molecule has 0 saturated heterocycles. The average Bonchev–Trinajstić information content (AvgIpc) is 2.66. The number of halogens is 1. The SMILES string of the molecule is CCC[CH2][Sn](/[CH]=C/C(Nc1ccccc1Br)C(C)C)([CH2]CCC)[CH2]CCC. The van der Waals surface area contributed by atoms with Gasteiger partial charge in [-0.3, -0.25) is 0 Å². The summed E-state index contributed by atoms with van der Waals surface area (Å²) in [5, 5.41) is 3.79. The summed E-state index contributed by atoms with van der Waals surface area (Å²) < 4.78 is 8.59. The van der Waals surface area contributed by atoms with E-state index < -0.39 is 18.4 Å². The third-order valence-electron chi connectivity index (χ3n) is 5.66. The first-order valence-corrected chi connectivity index (χ1v) is 19.7. The zero-order valence-electron chi connectivity index (χ0n) is 18.4. The zero-order chi connectivity index (χ0) is 20.1. The molecule has 27 heavy (non-hydrogen) atoms. The summed E-state index contributed by atoms with van der Waals surface area (Å²) in [5.74, 6) is 0.584. The van der Waals surface area contributed by atoms with Crippen LogP contribution in [0.2, 0.25) is 13.3 Å². The van der Waals surface area contributed by atoms with Crippen molar-refractivity contribution in [2.75, 3.05) is 5.32 Å². The van der Waals surface area contributed by atoms with Gasteiger partial charge in [0, 0.05) is 0 Å². The minimum atomic E-state index is -2.21. The van der Waals surface area contributed by atoms with Gasteiger partial charge in [-0.2, -0.15) is 0 Å². The molecule has 1 aromatic rings. The number of para-hydroxylation sites is 1. The third-order valence-corrected chi connectivity index (χ3v) is 20.5. The molecule has 0 aliphatic heterocycles. The number of benzene rings is 1. The fourth-order valence-electron chi connectivity index (χ4n) is 3.71. The van der Waals surface area contributed by atoms with E-state index in [9.17, 15) is 0 Å². The number of hydrogen-bond donors (Lipinski definition) is 1. The van der Waals surface area contributed by atoms with Crippen molar-refractivity contribution in [2.24, 2.45) is 5.92 Å². The summed E-state index contributed by atoms with van der Waals surface area (Å²) in [7, 11) is 0. The summed E-state index contributed by atoms with van der Waals surface area (Å²) in [6, 6.07) is 8.90. The van der Waals surface area contributed by atoms with Gasteiger partial charge in [0.05, 0.1) is 0 Å². The molecule has 0 bridgehead atoms. The minimum absolute atomic E-state index is 0.407. The van der Waals surface area contributed by atoms with E-state index in [0.717, 1.165) is 4.47 Å². The Morgan fingerprint density at radius 3 is 1.89 bits per heavy atom. The van der Waals surface area contributed by atoms with Gasteiger partial charge in [-0.15, -0.1) is 0 Å². The molecule has 0 spiro atoms. The van der Waals surface area contributed by atoms with Crippen molar-refractivity contribution in [3.63, 3.8) is 0 Å². The van der Waals surface area contributed by atoms with Gasteiger partial charge in [0.15, 0.2) is 0 Å². The number of hydrogen-bond acceptors (Lipinski definition) is 1. The van der Waals surface area contributed by atoms with E-state index in [1.807, 2.05) is 0 Å². The number of nitrogens with one attached hydrogen (secondary N) is 1. The number of rotatable bonds is 14. The normalized spacial score (nSPS) is 13.4. The molecule has 1 unspecified atom stereocenters. The molecule has 0 heterocycles. The first-order chi connectivity index (χ1) is 13.0. The summed E-state index contributed by atoms with van der Waals surface area (Å²) in [6.07, 6.45) is 10.9. The zero-order valence-corrected chi connectivity index (χ0v) is 22.8. The van der Waals surface area contributed by atoms with Crippen LogP contribution < -0.4 is 5.32 Å². The quantitative estimate of drug-likeness (QED) is 0.231. The van der Waals surface area contributed by atoms with E-state index in [1.54, 1.807) is 13.3 Å². The molecule has 0 radical (unpaired) electrons. The molecule has 1 aromatic carbocycles. The van der Waals surface area contributed by atoms with Gasteiger partial charge in [0.2, 0.25) is 0 Å². The number of anilines is 1. The van der Waals surface area contributed by atoms with Crippen LogP contribution in [-0.4, -0.2) is 24.4 Å². The van der Waals surface area contributed by atoms with E-state index in [0.29, 0.717) is 12.0 Å². The van der Waals surface area contributed by atoms with Crippen molar-refractivity contribution in [3.05, 3.63) is 38.9 Å². The Labute approximate surface area is 181 Å². The van der Waals surface area contributed by atoms with Crippen LogP contribution in [0.4, 0.5) is 5.69 Å². The van der Waals surface area contributed by atoms with Crippen molar-refractivity contribution in [2.45, 2.75) is 92.5 Å². The standard InChI is InChI=1S/C12H15BrN.3C4H9.Sn/c1-4-11(9(2)3)14-12-8-6-5-7-10(12)13;3*1-3-4-2;/h1,4-9,11,14H,2-3H3;3*1,3-4H2,2H3;. The molecule has 0 aromatic heterocycles. The molecule has 0 aliphatic carbocycles. The van der Waals surface area contributed by atoms with Crippen LogP contribution in [0.3, 0.4) is 0 Å². The second kappa shape index (κ2) is 14.1. The van der Waals surface area contributed by atoms with Gasteiger partial charge in [-0.25, -0.2) is 0 Å². The van der Waals surface area contributed by atoms with Gasteiger partial charge < -0.3 is 0 Å². The average molecular weight is 543 g/mol. The van der Waals surface area contributed by atoms with Crippen molar-refractivity contribution in [3.8, 4) is 0 Å². The van der Waals surface area contributed by atoms with Crippen LogP contribution in [0.5, 0.6) is 0 Å². The molecule has 1 nitrogen and oxygen atoms in total. The summed E-state index contributed by atoms with van der Waals surface area (Å²) in [4.78, 5) is 0. The first kappa shape index (κ1) is 25.1. The Hall–Kier alpha value is 0.0387. The maximum absolute atomic E-state index is 3.79. The molecule has 1 N–H and O–H groups in total. The second-order valence-electron chi connectivity index (χ2n) is 8.43. The molecule has 0 saturated carbocycles. The van der Waals surface area contributed by atoms with Crippen LogP contribution in [0.1, 0.15) is 73.1 Å². The van der Waals surface area contributed by atoms with Crippen LogP contribution in [0.25, 0.3) is 0 Å². The molecule has 0 aliphatic rings.